The molecule has 0 aromatic carbocycles. The summed E-state index contributed by atoms with van der Waals surface area (Å²) in [5.41, 5.74) is -0.255. The summed E-state index contributed by atoms with van der Waals surface area (Å²) < 4.78 is 7.28. The van der Waals surface area contributed by atoms with Gasteiger partial charge >= 0.3 is 0 Å². The molecule has 0 bridgehead atoms. The summed E-state index contributed by atoms with van der Waals surface area (Å²) >= 11 is 5.98. The van der Waals surface area contributed by atoms with Gasteiger partial charge in [-0.05, 0) is 31.9 Å². The SMILES string of the molecule is CCCc1nnc(Cl)n1CC(C)(C)OC. The highest BCUT2D eigenvalue weighted by Gasteiger charge is 2.21. The molecule has 1 rings (SSSR count). The highest BCUT2D eigenvalue weighted by molar-refractivity contribution is 6.28. The molecule has 0 aliphatic heterocycles. The van der Waals surface area contributed by atoms with Crippen molar-refractivity contribution in [1.82, 2.24) is 14.8 Å². The van der Waals surface area contributed by atoms with Crippen LogP contribution in [0.3, 0.4) is 0 Å². The van der Waals surface area contributed by atoms with Crippen LogP contribution in [0.4, 0.5) is 0 Å². The van der Waals surface area contributed by atoms with E-state index in [1.165, 1.54) is 0 Å². The molecule has 0 radical (unpaired) electrons. The average molecular weight is 232 g/mol. The number of aromatic nitrogens is 3. The maximum atomic E-state index is 5.98. The second-order valence-corrected chi connectivity index (χ2v) is 4.52. The predicted molar refractivity (Wildman–Crippen MR) is 60.1 cm³/mol. The van der Waals surface area contributed by atoms with Crippen molar-refractivity contribution in [3.63, 3.8) is 0 Å². The number of hydrogen-bond donors (Lipinski definition) is 0. The Kier molecular flexibility index (Phi) is 4.11. The van der Waals surface area contributed by atoms with Crippen molar-refractivity contribution in [2.24, 2.45) is 0 Å². The lowest BCUT2D eigenvalue weighted by molar-refractivity contribution is 0.00752. The largest absolute Gasteiger partial charge is 0.377 e. The van der Waals surface area contributed by atoms with Crippen LogP contribution in [0.25, 0.3) is 0 Å². The van der Waals surface area contributed by atoms with Crippen LogP contribution in [-0.4, -0.2) is 27.5 Å². The van der Waals surface area contributed by atoms with E-state index in [-0.39, 0.29) is 5.60 Å². The van der Waals surface area contributed by atoms with Crippen LogP contribution in [0, 0.1) is 0 Å². The van der Waals surface area contributed by atoms with Crippen molar-refractivity contribution in [3.8, 4) is 0 Å². The van der Waals surface area contributed by atoms with Crippen LogP contribution in [0.1, 0.15) is 33.0 Å². The number of nitrogens with zero attached hydrogens (tertiary/aromatic N) is 3. The van der Waals surface area contributed by atoms with Crippen molar-refractivity contribution in [3.05, 3.63) is 11.1 Å². The Morgan fingerprint density at radius 3 is 2.60 bits per heavy atom. The summed E-state index contributed by atoms with van der Waals surface area (Å²) in [7, 11) is 1.69. The first kappa shape index (κ1) is 12.5. The van der Waals surface area contributed by atoms with E-state index in [2.05, 4.69) is 17.1 Å². The van der Waals surface area contributed by atoms with Crippen LogP contribution in [-0.2, 0) is 17.7 Å². The molecule has 0 saturated heterocycles. The van der Waals surface area contributed by atoms with Gasteiger partial charge in [-0.2, -0.15) is 0 Å². The number of halogens is 1. The molecule has 1 heterocycles. The Balaban J connectivity index is 2.87. The molecule has 0 spiro atoms. The first-order valence-electron chi connectivity index (χ1n) is 5.13. The third-order valence-electron chi connectivity index (χ3n) is 2.35. The molecular formula is C10H18ClN3O. The molecule has 5 heteroatoms. The van der Waals surface area contributed by atoms with E-state index < -0.39 is 0 Å². The number of hydrogen-bond acceptors (Lipinski definition) is 3. The number of methoxy groups -OCH3 is 1. The zero-order valence-corrected chi connectivity index (χ0v) is 10.5. The van der Waals surface area contributed by atoms with Gasteiger partial charge in [-0.1, -0.05) is 6.92 Å². The lowest BCUT2D eigenvalue weighted by Crippen LogP contribution is -2.30. The molecule has 0 aliphatic rings. The number of aryl methyl sites for hydroxylation is 1. The minimum atomic E-state index is -0.255. The number of rotatable bonds is 5. The maximum absolute atomic E-state index is 5.98. The zero-order valence-electron chi connectivity index (χ0n) is 9.75. The van der Waals surface area contributed by atoms with E-state index in [0.717, 1.165) is 18.7 Å². The molecular weight excluding hydrogens is 214 g/mol. The van der Waals surface area contributed by atoms with E-state index in [1.807, 2.05) is 18.4 Å². The van der Waals surface area contributed by atoms with Gasteiger partial charge in [0.05, 0.1) is 12.1 Å². The van der Waals surface area contributed by atoms with E-state index in [1.54, 1.807) is 7.11 Å². The summed E-state index contributed by atoms with van der Waals surface area (Å²) in [6.07, 6.45) is 1.92. The van der Waals surface area contributed by atoms with E-state index >= 15 is 0 Å². The molecule has 0 fully saturated rings. The Hall–Kier alpha value is -0.610. The molecule has 0 atom stereocenters. The molecule has 1 aromatic rings. The van der Waals surface area contributed by atoms with Gasteiger partial charge in [0.1, 0.15) is 5.82 Å². The van der Waals surface area contributed by atoms with Gasteiger partial charge in [0.15, 0.2) is 0 Å². The lowest BCUT2D eigenvalue weighted by Gasteiger charge is -2.24. The Bertz CT molecular complexity index is 322. The van der Waals surface area contributed by atoms with Gasteiger partial charge in [-0.15, -0.1) is 10.2 Å². The number of ether oxygens (including phenoxy) is 1. The fourth-order valence-corrected chi connectivity index (χ4v) is 1.52. The first-order chi connectivity index (χ1) is 7.00. The molecule has 0 unspecified atom stereocenters. The van der Waals surface area contributed by atoms with Gasteiger partial charge in [0.2, 0.25) is 5.28 Å². The Morgan fingerprint density at radius 1 is 1.40 bits per heavy atom. The molecule has 4 nitrogen and oxygen atoms in total. The van der Waals surface area contributed by atoms with Gasteiger partial charge in [0, 0.05) is 13.5 Å². The summed E-state index contributed by atoms with van der Waals surface area (Å²) in [4.78, 5) is 0. The van der Waals surface area contributed by atoms with Gasteiger partial charge in [-0.3, -0.25) is 4.57 Å². The predicted octanol–water partition coefficient (Wildman–Crippen LogP) is 2.31. The van der Waals surface area contributed by atoms with Crippen molar-refractivity contribution in [2.45, 2.75) is 45.8 Å². The van der Waals surface area contributed by atoms with Gasteiger partial charge in [-0.25, -0.2) is 0 Å². The van der Waals surface area contributed by atoms with Gasteiger partial charge in [0.25, 0.3) is 0 Å². The molecule has 0 amide bonds. The van der Waals surface area contributed by atoms with Crippen LogP contribution in [0.5, 0.6) is 0 Å². The molecule has 0 N–H and O–H groups in total. The average Bonchev–Trinajstić information content (AvgIpc) is 2.50. The van der Waals surface area contributed by atoms with E-state index in [4.69, 9.17) is 16.3 Å². The monoisotopic (exact) mass is 231 g/mol. The van der Waals surface area contributed by atoms with Crippen LogP contribution >= 0.6 is 11.6 Å². The summed E-state index contributed by atoms with van der Waals surface area (Å²) in [6.45, 7) is 6.80. The molecule has 0 saturated carbocycles. The maximum Gasteiger partial charge on any atom is 0.225 e. The van der Waals surface area contributed by atoms with Gasteiger partial charge < -0.3 is 4.74 Å². The quantitative estimate of drug-likeness (QED) is 0.781. The van der Waals surface area contributed by atoms with Crippen LogP contribution in [0.2, 0.25) is 5.28 Å². The minimum absolute atomic E-state index is 0.255. The smallest absolute Gasteiger partial charge is 0.225 e. The fraction of sp³-hybridized carbons (Fsp3) is 0.800. The zero-order chi connectivity index (χ0) is 11.5. The molecule has 0 aliphatic carbocycles. The van der Waals surface area contributed by atoms with Crippen molar-refractivity contribution in [1.29, 1.82) is 0 Å². The van der Waals surface area contributed by atoms with Crippen molar-refractivity contribution < 1.29 is 4.74 Å². The van der Waals surface area contributed by atoms with E-state index in [0.29, 0.717) is 11.8 Å². The fourth-order valence-electron chi connectivity index (χ4n) is 1.32. The first-order valence-corrected chi connectivity index (χ1v) is 5.50. The topological polar surface area (TPSA) is 39.9 Å². The minimum Gasteiger partial charge on any atom is -0.377 e. The third kappa shape index (κ3) is 3.18. The lowest BCUT2D eigenvalue weighted by atomic mass is 10.1. The van der Waals surface area contributed by atoms with E-state index in [9.17, 15) is 0 Å². The summed E-state index contributed by atoms with van der Waals surface area (Å²) in [5.74, 6) is 0.924. The molecule has 86 valence electrons. The van der Waals surface area contributed by atoms with Crippen molar-refractivity contribution >= 4 is 11.6 Å². The second kappa shape index (κ2) is 4.94. The van der Waals surface area contributed by atoms with Crippen LogP contribution < -0.4 is 0 Å². The molecule has 1 aromatic heterocycles. The third-order valence-corrected chi connectivity index (χ3v) is 2.63. The Morgan fingerprint density at radius 2 is 2.07 bits per heavy atom. The Labute approximate surface area is 95.6 Å². The second-order valence-electron chi connectivity index (χ2n) is 4.19. The normalized spacial score (nSPS) is 12.1. The highest BCUT2D eigenvalue weighted by Crippen LogP contribution is 2.17. The molecule has 15 heavy (non-hydrogen) atoms. The summed E-state index contributed by atoms with van der Waals surface area (Å²) in [6, 6.07) is 0. The standard InChI is InChI=1S/C10H18ClN3O/c1-5-6-8-12-13-9(11)14(8)7-10(2,3)15-4/h5-7H2,1-4H3. The van der Waals surface area contributed by atoms with Crippen LogP contribution in [0.15, 0.2) is 0 Å². The summed E-state index contributed by atoms with van der Waals surface area (Å²) in [5, 5.41) is 8.36. The van der Waals surface area contributed by atoms with Crippen molar-refractivity contribution in [2.75, 3.05) is 7.11 Å². The highest BCUT2D eigenvalue weighted by atomic mass is 35.5.